The second kappa shape index (κ2) is 10.2. The fraction of sp³-hybridized carbons (Fsp3) is 0.455. The van der Waals surface area contributed by atoms with E-state index in [1.54, 1.807) is 7.11 Å². The van der Waals surface area contributed by atoms with Crippen molar-refractivity contribution < 1.29 is 14.6 Å². The van der Waals surface area contributed by atoms with Gasteiger partial charge in [-0.05, 0) is 42.7 Å². The number of aliphatic hydroxyl groups excluding tert-OH is 1. The monoisotopic (exact) mass is 357 g/mol. The summed E-state index contributed by atoms with van der Waals surface area (Å²) in [7, 11) is 1.64. The molecule has 0 fully saturated rings. The van der Waals surface area contributed by atoms with Crippen molar-refractivity contribution >= 4 is 0 Å². The van der Waals surface area contributed by atoms with E-state index in [2.05, 4.69) is 49.9 Å². The molecule has 0 bridgehead atoms. The lowest BCUT2D eigenvalue weighted by Crippen LogP contribution is -2.37. The fourth-order valence-corrected chi connectivity index (χ4v) is 3.00. The van der Waals surface area contributed by atoms with Gasteiger partial charge in [0.2, 0.25) is 0 Å². The Kier molecular flexibility index (Phi) is 7.95. The molecule has 2 rings (SSSR count). The summed E-state index contributed by atoms with van der Waals surface area (Å²) in [6.07, 6.45) is -0.541. The quantitative estimate of drug-likeness (QED) is 0.700. The molecule has 0 aliphatic rings. The first-order chi connectivity index (χ1) is 12.5. The molecule has 142 valence electrons. The van der Waals surface area contributed by atoms with Gasteiger partial charge in [0.25, 0.3) is 0 Å². The van der Waals surface area contributed by atoms with Gasteiger partial charge in [-0.2, -0.15) is 0 Å². The minimum atomic E-state index is -0.541. The summed E-state index contributed by atoms with van der Waals surface area (Å²) in [5.74, 6) is 2.06. The summed E-state index contributed by atoms with van der Waals surface area (Å²) in [5.41, 5.74) is 2.53. The molecule has 0 aromatic heterocycles. The van der Waals surface area contributed by atoms with Gasteiger partial charge in [0.05, 0.1) is 7.11 Å². The predicted octanol–water partition coefficient (Wildman–Crippen LogP) is 3.90. The Morgan fingerprint density at radius 3 is 2.31 bits per heavy atom. The van der Waals surface area contributed by atoms with E-state index in [4.69, 9.17) is 9.47 Å². The highest BCUT2D eigenvalue weighted by atomic mass is 16.5. The highest BCUT2D eigenvalue weighted by Crippen LogP contribution is 2.17. The van der Waals surface area contributed by atoms with E-state index in [0.717, 1.165) is 24.6 Å². The molecular weight excluding hydrogens is 326 g/mol. The van der Waals surface area contributed by atoms with E-state index in [0.29, 0.717) is 12.5 Å². The van der Waals surface area contributed by atoms with Gasteiger partial charge in [0.15, 0.2) is 0 Å². The van der Waals surface area contributed by atoms with Crippen LogP contribution < -0.4 is 9.47 Å². The van der Waals surface area contributed by atoms with Crippen molar-refractivity contribution in [2.45, 2.75) is 33.4 Å². The standard InChI is InChI=1S/C22H31NO3/c1-17(2)13-23(14-19-7-5-6-18(3)12-19)15-20(24)16-26-22-10-8-21(25-4)9-11-22/h5-12,17,20,24H,13-16H2,1-4H3/t20-/m1/s1. The lowest BCUT2D eigenvalue weighted by Gasteiger charge is -2.27. The molecule has 0 amide bonds. The summed E-state index contributed by atoms with van der Waals surface area (Å²) < 4.78 is 10.8. The SMILES string of the molecule is COc1ccc(OC[C@H](O)CN(Cc2cccc(C)c2)CC(C)C)cc1. The molecule has 2 aromatic carbocycles. The zero-order valence-electron chi connectivity index (χ0n) is 16.3. The summed E-state index contributed by atoms with van der Waals surface area (Å²) in [6, 6.07) is 15.9. The molecule has 1 atom stereocenters. The Morgan fingerprint density at radius 1 is 1.00 bits per heavy atom. The molecule has 0 saturated heterocycles. The number of nitrogens with zero attached hydrogens (tertiary/aromatic N) is 1. The lowest BCUT2D eigenvalue weighted by molar-refractivity contribution is 0.0615. The molecule has 2 aromatic rings. The minimum absolute atomic E-state index is 0.273. The van der Waals surface area contributed by atoms with Crippen molar-refractivity contribution in [3.8, 4) is 11.5 Å². The van der Waals surface area contributed by atoms with E-state index in [1.807, 2.05) is 24.3 Å². The van der Waals surface area contributed by atoms with Crippen LogP contribution in [-0.2, 0) is 6.54 Å². The highest BCUT2D eigenvalue weighted by molar-refractivity contribution is 5.31. The maximum absolute atomic E-state index is 10.4. The molecule has 0 spiro atoms. The number of hydrogen-bond donors (Lipinski definition) is 1. The van der Waals surface area contributed by atoms with Crippen LogP contribution in [0, 0.1) is 12.8 Å². The molecule has 4 heteroatoms. The maximum atomic E-state index is 10.4. The normalized spacial score (nSPS) is 12.4. The summed E-state index contributed by atoms with van der Waals surface area (Å²) >= 11 is 0. The molecule has 0 radical (unpaired) electrons. The number of ether oxygens (including phenoxy) is 2. The molecule has 0 heterocycles. The van der Waals surface area contributed by atoms with Crippen molar-refractivity contribution in [2.24, 2.45) is 5.92 Å². The van der Waals surface area contributed by atoms with E-state index in [1.165, 1.54) is 11.1 Å². The third kappa shape index (κ3) is 7.06. The minimum Gasteiger partial charge on any atom is -0.497 e. The van der Waals surface area contributed by atoms with Gasteiger partial charge in [-0.15, -0.1) is 0 Å². The smallest absolute Gasteiger partial charge is 0.119 e. The first-order valence-electron chi connectivity index (χ1n) is 9.19. The van der Waals surface area contributed by atoms with Gasteiger partial charge >= 0.3 is 0 Å². The number of methoxy groups -OCH3 is 1. The molecule has 26 heavy (non-hydrogen) atoms. The predicted molar refractivity (Wildman–Crippen MR) is 106 cm³/mol. The topological polar surface area (TPSA) is 41.9 Å². The van der Waals surface area contributed by atoms with Gasteiger partial charge < -0.3 is 14.6 Å². The number of aliphatic hydroxyl groups is 1. The van der Waals surface area contributed by atoms with Gasteiger partial charge in [-0.3, -0.25) is 4.90 Å². The van der Waals surface area contributed by atoms with Crippen LogP contribution in [-0.4, -0.2) is 42.9 Å². The molecule has 1 N–H and O–H groups in total. The van der Waals surface area contributed by atoms with Gasteiger partial charge in [0, 0.05) is 19.6 Å². The average molecular weight is 357 g/mol. The molecule has 0 aliphatic carbocycles. The Balaban J connectivity index is 1.89. The van der Waals surface area contributed by atoms with Gasteiger partial charge in [0.1, 0.15) is 24.2 Å². The number of rotatable bonds is 10. The van der Waals surface area contributed by atoms with Crippen molar-refractivity contribution in [1.82, 2.24) is 4.90 Å². The summed E-state index contributed by atoms with van der Waals surface area (Å²) in [5, 5.41) is 10.4. The molecule has 4 nitrogen and oxygen atoms in total. The van der Waals surface area contributed by atoms with E-state index < -0.39 is 6.10 Å². The molecular formula is C22H31NO3. The Hall–Kier alpha value is -2.04. The van der Waals surface area contributed by atoms with E-state index in [-0.39, 0.29) is 6.61 Å². The van der Waals surface area contributed by atoms with Crippen LogP contribution in [0.15, 0.2) is 48.5 Å². The van der Waals surface area contributed by atoms with Crippen LogP contribution in [0.3, 0.4) is 0 Å². The Morgan fingerprint density at radius 2 is 1.69 bits per heavy atom. The van der Waals surface area contributed by atoms with Crippen LogP contribution in [0.4, 0.5) is 0 Å². The van der Waals surface area contributed by atoms with Crippen LogP contribution in [0.5, 0.6) is 11.5 Å². The van der Waals surface area contributed by atoms with Crippen LogP contribution in [0.25, 0.3) is 0 Å². The van der Waals surface area contributed by atoms with Crippen molar-refractivity contribution in [1.29, 1.82) is 0 Å². The highest BCUT2D eigenvalue weighted by Gasteiger charge is 2.14. The zero-order chi connectivity index (χ0) is 18.9. The van der Waals surface area contributed by atoms with Crippen LogP contribution in [0.1, 0.15) is 25.0 Å². The van der Waals surface area contributed by atoms with Crippen LogP contribution >= 0.6 is 0 Å². The second-order valence-corrected chi connectivity index (χ2v) is 7.22. The third-order valence-corrected chi connectivity index (χ3v) is 4.08. The average Bonchev–Trinajstić information content (AvgIpc) is 2.60. The van der Waals surface area contributed by atoms with Crippen molar-refractivity contribution in [3.63, 3.8) is 0 Å². The Bertz CT molecular complexity index is 655. The third-order valence-electron chi connectivity index (χ3n) is 4.08. The van der Waals surface area contributed by atoms with Crippen molar-refractivity contribution in [3.05, 3.63) is 59.7 Å². The Labute approximate surface area is 157 Å². The first kappa shape index (κ1) is 20.3. The number of hydrogen-bond acceptors (Lipinski definition) is 4. The van der Waals surface area contributed by atoms with Crippen LogP contribution in [0.2, 0.25) is 0 Å². The van der Waals surface area contributed by atoms with E-state index >= 15 is 0 Å². The lowest BCUT2D eigenvalue weighted by atomic mass is 10.1. The fourth-order valence-electron chi connectivity index (χ4n) is 3.00. The van der Waals surface area contributed by atoms with Gasteiger partial charge in [-0.1, -0.05) is 43.7 Å². The maximum Gasteiger partial charge on any atom is 0.119 e. The molecule has 0 aliphatic heterocycles. The molecule has 0 unspecified atom stereocenters. The van der Waals surface area contributed by atoms with E-state index in [9.17, 15) is 5.11 Å². The van der Waals surface area contributed by atoms with Crippen molar-refractivity contribution in [2.75, 3.05) is 26.8 Å². The number of benzene rings is 2. The largest absolute Gasteiger partial charge is 0.497 e. The first-order valence-corrected chi connectivity index (χ1v) is 9.19. The van der Waals surface area contributed by atoms with Gasteiger partial charge in [-0.25, -0.2) is 0 Å². The molecule has 0 saturated carbocycles. The second-order valence-electron chi connectivity index (χ2n) is 7.22. The zero-order valence-corrected chi connectivity index (χ0v) is 16.3. The summed E-state index contributed by atoms with van der Waals surface area (Å²) in [4.78, 5) is 2.29. The number of aryl methyl sites for hydroxylation is 1. The summed E-state index contributed by atoms with van der Waals surface area (Å²) in [6.45, 7) is 9.13.